The highest BCUT2D eigenvalue weighted by atomic mass is 19.1. The van der Waals surface area contributed by atoms with E-state index in [-0.39, 0.29) is 5.82 Å². The molecule has 0 bridgehead atoms. The molecule has 18 heavy (non-hydrogen) atoms. The van der Waals surface area contributed by atoms with Gasteiger partial charge in [-0.2, -0.15) is 5.10 Å². The minimum Gasteiger partial charge on any atom is -0.278 e. The van der Waals surface area contributed by atoms with E-state index in [1.165, 1.54) is 17.7 Å². The first-order valence-electron chi connectivity index (χ1n) is 5.78. The van der Waals surface area contributed by atoms with Crippen LogP contribution >= 0.6 is 0 Å². The summed E-state index contributed by atoms with van der Waals surface area (Å²) >= 11 is 0. The number of nitrogens with one attached hydrogen (secondary N) is 1. The molecule has 0 spiro atoms. The number of nitrogens with zero attached hydrogens (tertiary/aromatic N) is 1. The molecule has 0 saturated heterocycles. The second kappa shape index (κ2) is 5.45. The molecule has 0 aliphatic heterocycles. The van der Waals surface area contributed by atoms with Crippen LogP contribution < -0.4 is 5.43 Å². The first-order chi connectivity index (χ1) is 8.65. The fourth-order valence-electron chi connectivity index (χ4n) is 1.53. The summed E-state index contributed by atoms with van der Waals surface area (Å²) < 4.78 is 12.8. The van der Waals surface area contributed by atoms with E-state index in [0.717, 1.165) is 17.0 Å². The van der Waals surface area contributed by atoms with Gasteiger partial charge in [-0.25, -0.2) is 4.39 Å². The molecule has 0 aromatic heterocycles. The largest absolute Gasteiger partial charge is 0.278 e. The molecule has 0 aliphatic carbocycles. The van der Waals surface area contributed by atoms with Crippen LogP contribution in [0.4, 0.5) is 10.1 Å². The number of aryl methyl sites for hydroxylation is 1. The van der Waals surface area contributed by atoms with Crippen LogP contribution in [0.3, 0.4) is 0 Å². The molecule has 1 N–H and O–H groups in total. The minimum absolute atomic E-state index is 0.238. The molecule has 0 unspecified atom stereocenters. The molecular formula is C15H15FN2. The maximum Gasteiger partial charge on any atom is 0.123 e. The fraction of sp³-hybridized carbons (Fsp3) is 0.133. The lowest BCUT2D eigenvalue weighted by atomic mass is 10.1. The molecule has 0 fully saturated rings. The molecule has 92 valence electrons. The van der Waals surface area contributed by atoms with Crippen LogP contribution in [0.25, 0.3) is 0 Å². The van der Waals surface area contributed by atoms with Gasteiger partial charge in [-0.05, 0) is 43.7 Å². The van der Waals surface area contributed by atoms with Crippen molar-refractivity contribution in [3.8, 4) is 0 Å². The number of hydrogen-bond donors (Lipinski definition) is 1. The summed E-state index contributed by atoms with van der Waals surface area (Å²) in [6.45, 7) is 3.92. The molecule has 2 rings (SSSR count). The van der Waals surface area contributed by atoms with E-state index in [1.807, 2.05) is 38.1 Å². The Balaban J connectivity index is 2.09. The van der Waals surface area contributed by atoms with Gasteiger partial charge in [0.2, 0.25) is 0 Å². The number of halogens is 1. The quantitative estimate of drug-likeness (QED) is 0.639. The van der Waals surface area contributed by atoms with E-state index in [4.69, 9.17) is 0 Å². The minimum atomic E-state index is -0.238. The number of benzene rings is 2. The van der Waals surface area contributed by atoms with Crippen LogP contribution in [-0.4, -0.2) is 5.71 Å². The Morgan fingerprint density at radius 2 is 1.61 bits per heavy atom. The van der Waals surface area contributed by atoms with Crippen molar-refractivity contribution in [2.45, 2.75) is 13.8 Å². The predicted octanol–water partition coefficient (Wildman–Crippen LogP) is 3.97. The Hall–Kier alpha value is -2.16. The summed E-state index contributed by atoms with van der Waals surface area (Å²) in [5.41, 5.74) is 6.83. The van der Waals surface area contributed by atoms with E-state index in [2.05, 4.69) is 10.5 Å². The number of rotatable bonds is 3. The molecule has 0 radical (unpaired) electrons. The second-order valence-electron chi connectivity index (χ2n) is 4.18. The Labute approximate surface area is 106 Å². The van der Waals surface area contributed by atoms with Gasteiger partial charge < -0.3 is 0 Å². The maximum absolute atomic E-state index is 12.8. The average Bonchev–Trinajstić information content (AvgIpc) is 2.38. The van der Waals surface area contributed by atoms with Gasteiger partial charge in [0.1, 0.15) is 5.82 Å². The third-order valence-corrected chi connectivity index (χ3v) is 2.67. The van der Waals surface area contributed by atoms with Crippen molar-refractivity contribution in [3.63, 3.8) is 0 Å². The van der Waals surface area contributed by atoms with Crippen LogP contribution in [0.5, 0.6) is 0 Å². The highest BCUT2D eigenvalue weighted by Crippen LogP contribution is 2.09. The SMILES string of the molecule is C/C(=N/Nc1ccc(C)cc1)c1ccc(F)cc1. The van der Waals surface area contributed by atoms with Crippen LogP contribution in [0.2, 0.25) is 0 Å². The molecule has 0 heterocycles. The van der Waals surface area contributed by atoms with Crippen LogP contribution in [0.1, 0.15) is 18.1 Å². The Morgan fingerprint density at radius 1 is 1.00 bits per heavy atom. The van der Waals surface area contributed by atoms with E-state index >= 15 is 0 Å². The van der Waals surface area contributed by atoms with Crippen LogP contribution in [-0.2, 0) is 0 Å². The second-order valence-corrected chi connectivity index (χ2v) is 4.18. The molecule has 0 aliphatic rings. The molecule has 3 heteroatoms. The Bertz CT molecular complexity index is 542. The fourth-order valence-corrected chi connectivity index (χ4v) is 1.53. The topological polar surface area (TPSA) is 24.4 Å². The highest BCUT2D eigenvalue weighted by molar-refractivity contribution is 5.99. The zero-order valence-electron chi connectivity index (χ0n) is 10.4. The smallest absolute Gasteiger partial charge is 0.123 e. The van der Waals surface area contributed by atoms with Gasteiger partial charge in [0.05, 0.1) is 11.4 Å². The van der Waals surface area contributed by atoms with Crippen molar-refractivity contribution in [1.29, 1.82) is 0 Å². The molecule has 0 amide bonds. The van der Waals surface area contributed by atoms with Gasteiger partial charge in [0.25, 0.3) is 0 Å². The average molecular weight is 242 g/mol. The van der Waals surface area contributed by atoms with Crippen molar-refractivity contribution in [2.75, 3.05) is 5.43 Å². The molecule has 2 nitrogen and oxygen atoms in total. The van der Waals surface area contributed by atoms with E-state index in [1.54, 1.807) is 12.1 Å². The number of hydrogen-bond acceptors (Lipinski definition) is 2. The van der Waals surface area contributed by atoms with Crippen molar-refractivity contribution in [1.82, 2.24) is 0 Å². The molecule has 0 atom stereocenters. The normalized spacial score (nSPS) is 11.4. The van der Waals surface area contributed by atoms with Crippen molar-refractivity contribution < 1.29 is 4.39 Å². The zero-order chi connectivity index (χ0) is 13.0. The molecule has 2 aromatic carbocycles. The summed E-state index contributed by atoms with van der Waals surface area (Å²) in [7, 11) is 0. The lowest BCUT2D eigenvalue weighted by Crippen LogP contribution is -1.99. The first-order valence-corrected chi connectivity index (χ1v) is 5.78. The summed E-state index contributed by atoms with van der Waals surface area (Å²) in [5, 5.41) is 4.27. The lowest BCUT2D eigenvalue weighted by Gasteiger charge is -2.04. The summed E-state index contributed by atoms with van der Waals surface area (Å²) in [6, 6.07) is 14.3. The summed E-state index contributed by atoms with van der Waals surface area (Å²) in [4.78, 5) is 0. The van der Waals surface area contributed by atoms with Gasteiger partial charge in [-0.15, -0.1) is 0 Å². The van der Waals surface area contributed by atoms with Crippen LogP contribution in [0.15, 0.2) is 53.6 Å². The standard InChI is InChI=1S/C15H15FN2/c1-11-3-9-15(10-4-11)18-17-12(2)13-5-7-14(16)8-6-13/h3-10,18H,1-2H3/b17-12-. The zero-order valence-corrected chi connectivity index (χ0v) is 10.4. The van der Waals surface area contributed by atoms with E-state index in [9.17, 15) is 4.39 Å². The molecular weight excluding hydrogens is 227 g/mol. The van der Waals surface area contributed by atoms with Crippen molar-refractivity contribution in [2.24, 2.45) is 5.10 Å². The van der Waals surface area contributed by atoms with E-state index < -0.39 is 0 Å². The van der Waals surface area contributed by atoms with Gasteiger partial charge in [-0.1, -0.05) is 29.8 Å². The maximum atomic E-state index is 12.8. The van der Waals surface area contributed by atoms with E-state index in [0.29, 0.717) is 0 Å². The summed E-state index contributed by atoms with van der Waals surface area (Å²) in [6.07, 6.45) is 0. The van der Waals surface area contributed by atoms with Gasteiger partial charge in [0, 0.05) is 0 Å². The van der Waals surface area contributed by atoms with Gasteiger partial charge >= 0.3 is 0 Å². The third kappa shape index (κ3) is 3.17. The van der Waals surface area contributed by atoms with Gasteiger partial charge in [0.15, 0.2) is 0 Å². The molecule has 0 saturated carbocycles. The lowest BCUT2D eigenvalue weighted by molar-refractivity contribution is 0.628. The monoisotopic (exact) mass is 242 g/mol. The van der Waals surface area contributed by atoms with Crippen molar-refractivity contribution in [3.05, 3.63) is 65.5 Å². The van der Waals surface area contributed by atoms with Gasteiger partial charge in [-0.3, -0.25) is 5.43 Å². The first kappa shape index (κ1) is 12.3. The highest BCUT2D eigenvalue weighted by Gasteiger charge is 1.97. The predicted molar refractivity (Wildman–Crippen MR) is 73.4 cm³/mol. The molecule has 2 aromatic rings. The number of hydrazone groups is 1. The number of anilines is 1. The third-order valence-electron chi connectivity index (χ3n) is 2.67. The van der Waals surface area contributed by atoms with Crippen LogP contribution in [0, 0.1) is 12.7 Å². The Kier molecular flexibility index (Phi) is 3.72. The van der Waals surface area contributed by atoms with Crippen molar-refractivity contribution >= 4 is 11.4 Å². The summed E-state index contributed by atoms with van der Waals surface area (Å²) in [5.74, 6) is -0.238. The Morgan fingerprint density at radius 3 is 2.22 bits per heavy atom.